The summed E-state index contributed by atoms with van der Waals surface area (Å²) in [5, 5.41) is 1.84. The van der Waals surface area contributed by atoms with E-state index in [0.717, 1.165) is 4.88 Å². The predicted molar refractivity (Wildman–Crippen MR) is 43.3 cm³/mol. The number of carbonyl (C=O) groups excluding carboxylic acids is 2. The third kappa shape index (κ3) is 0.984. The number of hydrazine groups is 1. The maximum Gasteiger partial charge on any atom is 0.256 e. The number of thiophene rings is 1. The number of hydrogen-bond donors (Lipinski definition) is 2. The molecule has 0 aromatic carbocycles. The molecular formula is C7H6N2O2S. The molecule has 0 radical (unpaired) electrons. The van der Waals surface area contributed by atoms with Crippen molar-refractivity contribution >= 4 is 23.2 Å². The Kier molecular flexibility index (Phi) is 1.58. The number of rotatable bonds is 1. The van der Waals surface area contributed by atoms with E-state index in [-0.39, 0.29) is 11.8 Å². The molecule has 0 unspecified atom stereocenters. The summed E-state index contributed by atoms with van der Waals surface area (Å²) in [6, 6.07) is 3.60. The fraction of sp³-hybridized carbons (Fsp3) is 0.143. The van der Waals surface area contributed by atoms with Crippen molar-refractivity contribution in [2.45, 2.75) is 5.92 Å². The minimum Gasteiger partial charge on any atom is -0.272 e. The summed E-state index contributed by atoms with van der Waals surface area (Å²) in [5.41, 5.74) is 4.55. The van der Waals surface area contributed by atoms with Crippen LogP contribution in [0.25, 0.3) is 0 Å². The molecule has 1 aromatic rings. The minimum absolute atomic E-state index is 0.276. The monoisotopic (exact) mass is 182 g/mol. The van der Waals surface area contributed by atoms with Gasteiger partial charge in [0.1, 0.15) is 0 Å². The molecule has 1 aliphatic heterocycles. The second-order valence-corrected chi connectivity index (χ2v) is 3.41. The first kappa shape index (κ1) is 7.30. The van der Waals surface area contributed by atoms with Gasteiger partial charge in [0.05, 0.1) is 0 Å². The average molecular weight is 182 g/mol. The van der Waals surface area contributed by atoms with Crippen LogP contribution in [0.3, 0.4) is 0 Å². The third-order valence-electron chi connectivity index (χ3n) is 1.66. The highest BCUT2D eigenvalue weighted by Gasteiger charge is 2.34. The first-order valence-electron chi connectivity index (χ1n) is 3.42. The van der Waals surface area contributed by atoms with Crippen molar-refractivity contribution in [2.24, 2.45) is 0 Å². The zero-order valence-electron chi connectivity index (χ0n) is 6.03. The van der Waals surface area contributed by atoms with Crippen molar-refractivity contribution in [1.29, 1.82) is 0 Å². The Labute approximate surface area is 72.6 Å². The molecule has 0 bridgehead atoms. The van der Waals surface area contributed by atoms with Gasteiger partial charge in [-0.2, -0.15) is 0 Å². The summed E-state index contributed by atoms with van der Waals surface area (Å²) < 4.78 is 0. The standard InChI is InChI=1S/C7H6N2O2S/c10-6-5(7(11)9-8-6)4-2-1-3-12-4/h1-3,5H,(H,8,10)(H,9,11). The molecule has 4 nitrogen and oxygen atoms in total. The molecule has 2 rings (SSSR count). The van der Waals surface area contributed by atoms with Crippen LogP contribution >= 0.6 is 11.3 Å². The van der Waals surface area contributed by atoms with Gasteiger partial charge in [-0.3, -0.25) is 20.4 Å². The molecule has 0 spiro atoms. The highest BCUT2D eigenvalue weighted by atomic mass is 32.1. The summed E-state index contributed by atoms with van der Waals surface area (Å²) >= 11 is 1.41. The largest absolute Gasteiger partial charge is 0.272 e. The van der Waals surface area contributed by atoms with E-state index in [1.165, 1.54) is 11.3 Å². The normalized spacial score (nSPS) is 17.7. The van der Waals surface area contributed by atoms with Gasteiger partial charge in [-0.15, -0.1) is 11.3 Å². The number of hydrogen-bond acceptors (Lipinski definition) is 3. The first-order valence-corrected chi connectivity index (χ1v) is 4.30. The maximum atomic E-state index is 11.1. The van der Waals surface area contributed by atoms with Crippen LogP contribution in [0.15, 0.2) is 17.5 Å². The van der Waals surface area contributed by atoms with Crippen LogP contribution in [0, 0.1) is 0 Å². The lowest BCUT2D eigenvalue weighted by Crippen LogP contribution is -2.28. The quantitative estimate of drug-likeness (QED) is 0.600. The summed E-state index contributed by atoms with van der Waals surface area (Å²) in [4.78, 5) is 23.0. The van der Waals surface area contributed by atoms with Crippen molar-refractivity contribution in [3.63, 3.8) is 0 Å². The van der Waals surface area contributed by atoms with E-state index in [9.17, 15) is 9.59 Å². The molecule has 0 saturated carbocycles. The van der Waals surface area contributed by atoms with Gasteiger partial charge in [-0.05, 0) is 11.4 Å². The lowest BCUT2D eigenvalue weighted by molar-refractivity contribution is -0.124. The van der Waals surface area contributed by atoms with E-state index < -0.39 is 5.92 Å². The second kappa shape index (κ2) is 2.60. The third-order valence-corrected chi connectivity index (χ3v) is 2.60. The van der Waals surface area contributed by atoms with Crippen LogP contribution in [0.4, 0.5) is 0 Å². The SMILES string of the molecule is O=C1NNC(=O)C1c1cccs1. The minimum atomic E-state index is -0.648. The maximum absolute atomic E-state index is 11.1. The van der Waals surface area contributed by atoms with Gasteiger partial charge in [-0.25, -0.2) is 0 Å². The Balaban J connectivity index is 2.34. The van der Waals surface area contributed by atoms with Gasteiger partial charge >= 0.3 is 0 Å². The molecule has 1 fully saturated rings. The summed E-state index contributed by atoms with van der Waals surface area (Å²) in [6.45, 7) is 0. The van der Waals surface area contributed by atoms with Crippen LogP contribution in [-0.2, 0) is 9.59 Å². The lowest BCUT2D eigenvalue weighted by Gasteiger charge is -1.97. The number of amides is 2. The second-order valence-electron chi connectivity index (χ2n) is 2.43. The van der Waals surface area contributed by atoms with Gasteiger partial charge in [0.25, 0.3) is 11.8 Å². The smallest absolute Gasteiger partial charge is 0.256 e. The van der Waals surface area contributed by atoms with Crippen molar-refractivity contribution in [3.8, 4) is 0 Å². The van der Waals surface area contributed by atoms with E-state index in [1.807, 2.05) is 11.4 Å². The fourth-order valence-electron chi connectivity index (χ4n) is 1.10. The van der Waals surface area contributed by atoms with Crippen LogP contribution in [0.5, 0.6) is 0 Å². The molecule has 1 aliphatic rings. The average Bonchev–Trinajstić information content (AvgIpc) is 2.61. The molecule has 0 aliphatic carbocycles. The predicted octanol–water partition coefficient (Wildman–Crippen LogP) is -0.00730. The van der Waals surface area contributed by atoms with Crippen LogP contribution in [0.1, 0.15) is 10.8 Å². The van der Waals surface area contributed by atoms with E-state index in [4.69, 9.17) is 0 Å². The summed E-state index contributed by atoms with van der Waals surface area (Å²) in [7, 11) is 0. The highest BCUT2D eigenvalue weighted by Crippen LogP contribution is 2.23. The molecule has 12 heavy (non-hydrogen) atoms. The Bertz CT molecular complexity index is 304. The molecule has 2 heterocycles. The van der Waals surface area contributed by atoms with Crippen molar-refractivity contribution in [3.05, 3.63) is 22.4 Å². The Morgan fingerprint density at radius 1 is 1.25 bits per heavy atom. The Morgan fingerprint density at radius 3 is 2.42 bits per heavy atom. The van der Waals surface area contributed by atoms with E-state index in [0.29, 0.717) is 0 Å². The topological polar surface area (TPSA) is 58.2 Å². The van der Waals surface area contributed by atoms with E-state index in [1.54, 1.807) is 6.07 Å². The molecule has 5 heteroatoms. The lowest BCUT2D eigenvalue weighted by atomic mass is 10.1. The molecule has 0 atom stereocenters. The van der Waals surface area contributed by atoms with Crippen molar-refractivity contribution < 1.29 is 9.59 Å². The zero-order valence-corrected chi connectivity index (χ0v) is 6.85. The van der Waals surface area contributed by atoms with Gasteiger partial charge in [0.2, 0.25) is 0 Å². The van der Waals surface area contributed by atoms with Crippen LogP contribution in [0.2, 0.25) is 0 Å². The highest BCUT2D eigenvalue weighted by molar-refractivity contribution is 7.10. The first-order chi connectivity index (χ1) is 5.79. The summed E-state index contributed by atoms with van der Waals surface area (Å²) in [6.07, 6.45) is 0. The van der Waals surface area contributed by atoms with Crippen LogP contribution in [-0.4, -0.2) is 11.8 Å². The van der Waals surface area contributed by atoms with Crippen molar-refractivity contribution in [1.82, 2.24) is 10.9 Å². The summed E-state index contributed by atoms with van der Waals surface area (Å²) in [5.74, 6) is -1.20. The fourth-order valence-corrected chi connectivity index (χ4v) is 1.92. The van der Waals surface area contributed by atoms with Crippen molar-refractivity contribution in [2.75, 3.05) is 0 Å². The molecule has 2 amide bonds. The Morgan fingerprint density at radius 2 is 1.92 bits per heavy atom. The molecule has 1 saturated heterocycles. The van der Waals surface area contributed by atoms with Gasteiger partial charge in [-0.1, -0.05) is 6.07 Å². The molecule has 1 aromatic heterocycles. The molecular weight excluding hydrogens is 176 g/mol. The van der Waals surface area contributed by atoms with Gasteiger partial charge in [0, 0.05) is 4.88 Å². The molecule has 62 valence electrons. The van der Waals surface area contributed by atoms with Gasteiger partial charge < -0.3 is 0 Å². The Hall–Kier alpha value is -1.36. The van der Waals surface area contributed by atoms with E-state index >= 15 is 0 Å². The van der Waals surface area contributed by atoms with E-state index in [2.05, 4.69) is 10.9 Å². The number of nitrogens with one attached hydrogen (secondary N) is 2. The zero-order chi connectivity index (χ0) is 8.55. The molecule has 2 N–H and O–H groups in total. The van der Waals surface area contributed by atoms with Gasteiger partial charge in [0.15, 0.2) is 5.92 Å². The van der Waals surface area contributed by atoms with Crippen LogP contribution < -0.4 is 10.9 Å². The number of carbonyl (C=O) groups is 2.